The lowest BCUT2D eigenvalue weighted by molar-refractivity contribution is -0.385. The molecule has 0 fully saturated rings. The number of benzene rings is 2. The lowest BCUT2D eigenvalue weighted by atomic mass is 10.1. The van der Waals surface area contributed by atoms with Crippen LogP contribution < -0.4 is 14.8 Å². The van der Waals surface area contributed by atoms with Crippen LogP contribution in [0.1, 0.15) is 16.7 Å². The molecule has 0 saturated carbocycles. The van der Waals surface area contributed by atoms with Crippen LogP contribution in [0.2, 0.25) is 0 Å². The highest BCUT2D eigenvalue weighted by Crippen LogP contribution is 2.34. The Morgan fingerprint density at radius 1 is 0.966 bits per heavy atom. The number of nitro benzene ring substituents is 1. The normalized spacial score (nSPS) is 9.66. The van der Waals surface area contributed by atoms with E-state index in [1.165, 1.54) is 20.3 Å². The summed E-state index contributed by atoms with van der Waals surface area (Å²) >= 11 is 0. The van der Waals surface area contributed by atoms with Gasteiger partial charge in [-0.05, 0) is 43.2 Å². The van der Waals surface area contributed by atoms with E-state index in [2.05, 4.69) is 11.4 Å². The zero-order valence-corrected chi connectivity index (χ0v) is 16.4. The molecule has 29 heavy (non-hydrogen) atoms. The molecule has 0 aliphatic rings. The van der Waals surface area contributed by atoms with Crippen molar-refractivity contribution in [1.82, 2.24) is 0 Å². The Balaban J connectivity index is 0.000000612. The number of aryl methyl sites for hydroxylation is 2. The molecule has 0 amide bonds. The average molecular weight is 406 g/mol. The van der Waals surface area contributed by atoms with Crippen molar-refractivity contribution in [2.75, 3.05) is 19.5 Å². The van der Waals surface area contributed by atoms with Crippen molar-refractivity contribution in [2.45, 2.75) is 20.4 Å². The highest BCUT2D eigenvalue weighted by Gasteiger charge is 2.19. The zero-order chi connectivity index (χ0) is 22.1. The van der Waals surface area contributed by atoms with Crippen molar-refractivity contribution in [3.63, 3.8) is 0 Å². The van der Waals surface area contributed by atoms with Gasteiger partial charge in [0.05, 0.1) is 30.8 Å². The molecular weight excluding hydrogens is 384 g/mol. The minimum absolute atomic E-state index is 0.000440. The molecule has 0 spiro atoms. The Kier molecular flexibility index (Phi) is 8.41. The van der Waals surface area contributed by atoms with E-state index in [1.54, 1.807) is 6.07 Å². The van der Waals surface area contributed by atoms with E-state index in [4.69, 9.17) is 29.3 Å². The van der Waals surface area contributed by atoms with E-state index in [9.17, 15) is 10.1 Å². The summed E-state index contributed by atoms with van der Waals surface area (Å²) < 4.78 is 10.4. The number of nitro groups is 1. The van der Waals surface area contributed by atoms with Gasteiger partial charge in [0.15, 0.2) is 11.5 Å². The second-order valence-corrected chi connectivity index (χ2v) is 5.93. The number of ether oxygens (including phenoxy) is 2. The molecule has 0 unspecified atom stereocenters. The Labute approximate surface area is 166 Å². The molecule has 0 aliphatic heterocycles. The van der Waals surface area contributed by atoms with Crippen LogP contribution in [0.15, 0.2) is 30.3 Å². The Hall–Kier alpha value is -3.82. The molecule has 0 heterocycles. The van der Waals surface area contributed by atoms with E-state index in [-0.39, 0.29) is 5.69 Å². The minimum Gasteiger partial charge on any atom is -0.493 e. The van der Waals surface area contributed by atoms with Crippen LogP contribution in [0, 0.1) is 24.0 Å². The van der Waals surface area contributed by atoms with E-state index in [1.807, 2.05) is 26.0 Å². The number of carbonyl (C=O) groups is 2. The monoisotopic (exact) mass is 406 g/mol. The number of hydrogen-bond donors (Lipinski definition) is 3. The Morgan fingerprint density at radius 2 is 1.45 bits per heavy atom. The number of rotatable bonds is 6. The van der Waals surface area contributed by atoms with Crippen LogP contribution in [-0.4, -0.2) is 41.3 Å². The Morgan fingerprint density at radius 3 is 1.86 bits per heavy atom. The van der Waals surface area contributed by atoms with E-state index >= 15 is 0 Å². The maximum atomic E-state index is 11.3. The molecule has 0 bridgehead atoms. The van der Waals surface area contributed by atoms with Gasteiger partial charge in [-0.1, -0.05) is 6.07 Å². The van der Waals surface area contributed by atoms with Gasteiger partial charge < -0.3 is 25.0 Å². The lowest BCUT2D eigenvalue weighted by Gasteiger charge is -2.12. The summed E-state index contributed by atoms with van der Waals surface area (Å²) in [7, 11) is 2.96. The molecule has 3 N–H and O–H groups in total. The number of aliphatic carboxylic acids is 2. The molecule has 10 nitrogen and oxygen atoms in total. The van der Waals surface area contributed by atoms with Gasteiger partial charge in [0.1, 0.15) is 0 Å². The molecular formula is C19H22N2O8. The van der Waals surface area contributed by atoms with Crippen LogP contribution in [0.25, 0.3) is 0 Å². The summed E-state index contributed by atoms with van der Waals surface area (Å²) in [6.07, 6.45) is 0. The lowest BCUT2D eigenvalue weighted by Crippen LogP contribution is -2.09. The highest BCUT2D eigenvalue weighted by atomic mass is 16.6. The summed E-state index contributed by atoms with van der Waals surface area (Å²) in [6, 6.07) is 9.09. The highest BCUT2D eigenvalue weighted by molar-refractivity contribution is 6.27. The number of nitrogens with one attached hydrogen (secondary N) is 1. The molecule has 2 aromatic carbocycles. The topological polar surface area (TPSA) is 148 Å². The number of methoxy groups -OCH3 is 2. The third kappa shape index (κ3) is 7.01. The van der Waals surface area contributed by atoms with Gasteiger partial charge >= 0.3 is 11.9 Å². The van der Waals surface area contributed by atoms with Crippen LogP contribution in [0.4, 0.5) is 11.4 Å². The predicted molar refractivity (Wildman–Crippen MR) is 105 cm³/mol. The zero-order valence-electron chi connectivity index (χ0n) is 16.4. The fraction of sp³-hybridized carbons (Fsp3) is 0.263. The molecule has 2 rings (SSSR count). The van der Waals surface area contributed by atoms with Crippen LogP contribution in [0.3, 0.4) is 0 Å². The fourth-order valence-corrected chi connectivity index (χ4v) is 2.50. The van der Waals surface area contributed by atoms with E-state index in [0.29, 0.717) is 23.6 Å². The third-order valence-electron chi connectivity index (χ3n) is 3.67. The predicted octanol–water partition coefficient (Wildman–Crippen LogP) is 3.00. The van der Waals surface area contributed by atoms with Crippen molar-refractivity contribution in [3.05, 3.63) is 57.1 Å². The molecule has 10 heteroatoms. The van der Waals surface area contributed by atoms with Crippen molar-refractivity contribution < 1.29 is 34.2 Å². The first-order valence-electron chi connectivity index (χ1n) is 8.26. The van der Waals surface area contributed by atoms with Crippen molar-refractivity contribution in [3.8, 4) is 11.5 Å². The van der Waals surface area contributed by atoms with E-state index < -0.39 is 16.9 Å². The first-order valence-corrected chi connectivity index (χ1v) is 8.26. The summed E-state index contributed by atoms with van der Waals surface area (Å²) in [4.78, 5) is 29.1. The maximum absolute atomic E-state index is 11.3. The summed E-state index contributed by atoms with van der Waals surface area (Å²) in [5.41, 5.74) is 3.72. The summed E-state index contributed by atoms with van der Waals surface area (Å²) in [6.45, 7) is 4.34. The average Bonchev–Trinajstić information content (AvgIpc) is 2.65. The summed E-state index contributed by atoms with van der Waals surface area (Å²) in [5, 5.41) is 29.3. The summed E-state index contributed by atoms with van der Waals surface area (Å²) in [5.74, 6) is -2.84. The molecule has 0 aromatic heterocycles. The number of hydrogen-bond acceptors (Lipinski definition) is 7. The molecule has 2 aromatic rings. The second-order valence-electron chi connectivity index (χ2n) is 5.93. The molecule has 0 atom stereocenters. The largest absolute Gasteiger partial charge is 0.493 e. The van der Waals surface area contributed by atoms with Gasteiger partial charge in [-0.2, -0.15) is 0 Å². The number of carboxylic acids is 2. The maximum Gasteiger partial charge on any atom is 0.414 e. The van der Waals surface area contributed by atoms with Crippen LogP contribution in [0.5, 0.6) is 11.5 Å². The molecule has 156 valence electrons. The number of nitrogens with zero attached hydrogens (tertiary/aromatic N) is 1. The number of anilines is 1. The molecule has 0 saturated heterocycles. The van der Waals surface area contributed by atoms with Gasteiger partial charge in [-0.3, -0.25) is 10.1 Å². The van der Waals surface area contributed by atoms with Crippen LogP contribution in [-0.2, 0) is 16.1 Å². The number of carboxylic acid groups (broad SMARTS) is 2. The van der Waals surface area contributed by atoms with Gasteiger partial charge in [-0.15, -0.1) is 0 Å². The third-order valence-corrected chi connectivity index (χ3v) is 3.67. The van der Waals surface area contributed by atoms with Crippen LogP contribution >= 0.6 is 0 Å². The second kappa shape index (κ2) is 10.5. The molecule has 0 aliphatic carbocycles. The van der Waals surface area contributed by atoms with Crippen molar-refractivity contribution in [2.24, 2.45) is 0 Å². The Bertz CT molecular complexity index is 879. The molecule has 0 radical (unpaired) electrons. The van der Waals surface area contributed by atoms with Gasteiger partial charge in [0.2, 0.25) is 0 Å². The van der Waals surface area contributed by atoms with Crippen molar-refractivity contribution in [1.29, 1.82) is 0 Å². The van der Waals surface area contributed by atoms with E-state index in [0.717, 1.165) is 16.8 Å². The first kappa shape index (κ1) is 23.2. The van der Waals surface area contributed by atoms with Gasteiger partial charge in [-0.25, -0.2) is 9.59 Å². The quantitative estimate of drug-likeness (QED) is 0.374. The van der Waals surface area contributed by atoms with Gasteiger partial charge in [0, 0.05) is 12.2 Å². The first-order chi connectivity index (χ1) is 13.6. The standard InChI is InChI=1S/C17H20N2O4.C2H2O4/c1-11-5-12(2)7-14(6-11)18-10-13-8-16(22-3)17(23-4)9-15(13)19(20)21;3-1(4)2(5)6/h5-9,18H,10H2,1-4H3;(H,3,4)(H,5,6). The fourth-order valence-electron chi connectivity index (χ4n) is 2.50. The SMILES string of the molecule is COc1cc(CNc2cc(C)cc(C)c2)c([N+](=O)[O-])cc1OC.O=C(O)C(=O)O. The minimum atomic E-state index is -1.82. The van der Waals surface area contributed by atoms with Crippen molar-refractivity contribution >= 4 is 23.3 Å². The smallest absolute Gasteiger partial charge is 0.414 e. The van der Waals surface area contributed by atoms with Gasteiger partial charge in [0.25, 0.3) is 5.69 Å².